The molecular formula is C12H14FN3O. The van der Waals surface area contributed by atoms with Crippen LogP contribution >= 0.6 is 0 Å². The van der Waals surface area contributed by atoms with E-state index < -0.39 is 0 Å². The van der Waals surface area contributed by atoms with Crippen molar-refractivity contribution in [2.24, 2.45) is 0 Å². The Balaban J connectivity index is 2.25. The van der Waals surface area contributed by atoms with Gasteiger partial charge in [0, 0.05) is 12.7 Å². The number of fused-ring (bicyclic) bond motifs is 1. The van der Waals surface area contributed by atoms with Crippen molar-refractivity contribution in [3.05, 3.63) is 24.0 Å². The second-order valence-corrected chi connectivity index (χ2v) is 4.74. The number of ether oxygens (including phenoxy) is 1. The Morgan fingerprint density at radius 2 is 2.35 bits per heavy atom. The molecule has 1 saturated heterocycles. The highest BCUT2D eigenvalue weighted by Crippen LogP contribution is 2.33. The Bertz CT molecular complexity index is 572. The van der Waals surface area contributed by atoms with Gasteiger partial charge in [-0.2, -0.15) is 0 Å². The maximum atomic E-state index is 13.1. The van der Waals surface area contributed by atoms with Crippen molar-refractivity contribution in [1.29, 1.82) is 0 Å². The first-order valence-corrected chi connectivity index (χ1v) is 5.62. The van der Waals surface area contributed by atoms with Gasteiger partial charge in [-0.05, 0) is 25.5 Å². The summed E-state index contributed by atoms with van der Waals surface area (Å²) in [7, 11) is 0. The first kappa shape index (κ1) is 10.5. The lowest BCUT2D eigenvalue weighted by atomic mass is 10.0. The van der Waals surface area contributed by atoms with E-state index in [-0.39, 0.29) is 11.4 Å². The third-order valence-electron chi connectivity index (χ3n) is 3.38. The molecule has 4 nitrogen and oxygen atoms in total. The van der Waals surface area contributed by atoms with E-state index in [9.17, 15) is 4.39 Å². The maximum absolute atomic E-state index is 13.1. The van der Waals surface area contributed by atoms with E-state index in [1.807, 2.05) is 4.57 Å². The molecule has 0 spiro atoms. The van der Waals surface area contributed by atoms with Crippen LogP contribution in [0, 0.1) is 5.82 Å². The number of halogens is 1. The van der Waals surface area contributed by atoms with Crippen molar-refractivity contribution in [3.63, 3.8) is 0 Å². The number of anilines is 1. The molecule has 2 heterocycles. The largest absolute Gasteiger partial charge is 0.379 e. The predicted molar refractivity (Wildman–Crippen MR) is 63.2 cm³/mol. The summed E-state index contributed by atoms with van der Waals surface area (Å²) in [5.74, 6) is 0.119. The minimum atomic E-state index is -0.296. The van der Waals surface area contributed by atoms with E-state index >= 15 is 0 Å². The van der Waals surface area contributed by atoms with Gasteiger partial charge in [0.25, 0.3) is 0 Å². The fourth-order valence-corrected chi connectivity index (χ4v) is 2.47. The van der Waals surface area contributed by atoms with E-state index in [2.05, 4.69) is 11.9 Å². The molecule has 1 unspecified atom stereocenters. The summed E-state index contributed by atoms with van der Waals surface area (Å²) in [4.78, 5) is 4.21. The minimum Gasteiger partial charge on any atom is -0.379 e. The number of nitrogens with two attached hydrogens (primary N) is 1. The lowest BCUT2D eigenvalue weighted by molar-refractivity contribution is 0.164. The molecule has 0 saturated carbocycles. The second kappa shape index (κ2) is 3.43. The molecule has 0 amide bonds. The van der Waals surface area contributed by atoms with Crippen LogP contribution in [0.5, 0.6) is 0 Å². The van der Waals surface area contributed by atoms with Gasteiger partial charge in [-0.1, -0.05) is 0 Å². The van der Waals surface area contributed by atoms with Crippen LogP contribution in [-0.4, -0.2) is 22.8 Å². The van der Waals surface area contributed by atoms with Crippen molar-refractivity contribution >= 4 is 17.0 Å². The summed E-state index contributed by atoms with van der Waals surface area (Å²) >= 11 is 0. The molecule has 90 valence electrons. The highest BCUT2D eigenvalue weighted by Gasteiger charge is 2.34. The van der Waals surface area contributed by atoms with Crippen LogP contribution in [0.2, 0.25) is 0 Å². The highest BCUT2D eigenvalue weighted by atomic mass is 19.1. The average Bonchev–Trinajstić information content (AvgIpc) is 2.81. The Hall–Kier alpha value is -1.62. The molecule has 2 N–H and O–H groups in total. The molecule has 1 aliphatic heterocycles. The molecule has 1 aliphatic rings. The van der Waals surface area contributed by atoms with Crippen LogP contribution in [0.25, 0.3) is 11.0 Å². The molecule has 1 atom stereocenters. The average molecular weight is 235 g/mol. The summed E-state index contributed by atoms with van der Waals surface area (Å²) in [6, 6.07) is 4.55. The van der Waals surface area contributed by atoms with Crippen molar-refractivity contribution in [2.75, 3.05) is 18.9 Å². The van der Waals surface area contributed by atoms with Gasteiger partial charge in [0.2, 0.25) is 5.95 Å². The van der Waals surface area contributed by atoms with E-state index in [1.54, 1.807) is 6.07 Å². The minimum absolute atomic E-state index is 0.184. The predicted octanol–water partition coefficient (Wildman–Crippen LogP) is 1.89. The van der Waals surface area contributed by atoms with Crippen LogP contribution < -0.4 is 5.73 Å². The zero-order valence-electron chi connectivity index (χ0n) is 9.61. The Kier molecular flexibility index (Phi) is 2.13. The molecular weight excluding hydrogens is 221 g/mol. The van der Waals surface area contributed by atoms with Crippen molar-refractivity contribution < 1.29 is 9.13 Å². The third-order valence-corrected chi connectivity index (χ3v) is 3.38. The van der Waals surface area contributed by atoms with Crippen LogP contribution in [0.3, 0.4) is 0 Å². The van der Waals surface area contributed by atoms with Crippen molar-refractivity contribution in [2.45, 2.75) is 18.9 Å². The number of rotatable bonds is 1. The van der Waals surface area contributed by atoms with Crippen LogP contribution in [0.1, 0.15) is 13.3 Å². The highest BCUT2D eigenvalue weighted by molar-refractivity contribution is 5.78. The van der Waals surface area contributed by atoms with E-state index in [0.29, 0.717) is 18.1 Å². The number of benzene rings is 1. The summed E-state index contributed by atoms with van der Waals surface area (Å²) in [6.45, 7) is 3.41. The van der Waals surface area contributed by atoms with Gasteiger partial charge in [-0.25, -0.2) is 9.37 Å². The molecule has 5 heteroatoms. The molecule has 17 heavy (non-hydrogen) atoms. The number of hydrogen-bond acceptors (Lipinski definition) is 3. The molecule has 2 aromatic rings. The van der Waals surface area contributed by atoms with Gasteiger partial charge < -0.3 is 15.0 Å². The van der Waals surface area contributed by atoms with Gasteiger partial charge >= 0.3 is 0 Å². The molecule has 0 bridgehead atoms. The Morgan fingerprint density at radius 1 is 1.53 bits per heavy atom. The summed E-state index contributed by atoms with van der Waals surface area (Å²) in [5.41, 5.74) is 7.21. The number of imidazole rings is 1. The van der Waals surface area contributed by atoms with Gasteiger partial charge in [0.15, 0.2) is 0 Å². The summed E-state index contributed by atoms with van der Waals surface area (Å²) in [5, 5.41) is 0. The first-order chi connectivity index (χ1) is 8.10. The van der Waals surface area contributed by atoms with Gasteiger partial charge in [-0.15, -0.1) is 0 Å². The zero-order valence-corrected chi connectivity index (χ0v) is 9.61. The van der Waals surface area contributed by atoms with Crippen molar-refractivity contribution in [3.8, 4) is 0 Å². The molecule has 0 radical (unpaired) electrons. The zero-order chi connectivity index (χ0) is 12.0. The Labute approximate surface area is 98.2 Å². The summed E-state index contributed by atoms with van der Waals surface area (Å²) in [6.07, 6.45) is 0.889. The van der Waals surface area contributed by atoms with E-state index in [1.165, 1.54) is 12.1 Å². The van der Waals surface area contributed by atoms with Gasteiger partial charge in [-0.3, -0.25) is 0 Å². The number of aromatic nitrogens is 2. The molecule has 1 aromatic heterocycles. The fraction of sp³-hybridized carbons (Fsp3) is 0.417. The Morgan fingerprint density at radius 3 is 3.06 bits per heavy atom. The fourth-order valence-electron chi connectivity index (χ4n) is 2.47. The van der Waals surface area contributed by atoms with Crippen LogP contribution in [0.4, 0.5) is 10.3 Å². The monoisotopic (exact) mass is 235 g/mol. The smallest absolute Gasteiger partial charge is 0.201 e. The topological polar surface area (TPSA) is 53.1 Å². The normalized spacial score (nSPS) is 24.6. The van der Waals surface area contributed by atoms with Gasteiger partial charge in [0.05, 0.1) is 23.2 Å². The first-order valence-electron chi connectivity index (χ1n) is 5.62. The summed E-state index contributed by atoms with van der Waals surface area (Å²) < 4.78 is 20.5. The molecule has 0 aliphatic carbocycles. The molecule has 3 rings (SSSR count). The lowest BCUT2D eigenvalue weighted by Crippen LogP contribution is -2.31. The van der Waals surface area contributed by atoms with Gasteiger partial charge in [0.1, 0.15) is 5.82 Å². The quantitative estimate of drug-likeness (QED) is 0.821. The van der Waals surface area contributed by atoms with Crippen molar-refractivity contribution in [1.82, 2.24) is 9.55 Å². The maximum Gasteiger partial charge on any atom is 0.201 e. The number of hydrogen-bond donors (Lipinski definition) is 1. The number of nitrogens with zero attached hydrogens (tertiary/aromatic N) is 2. The van der Waals surface area contributed by atoms with Crippen LogP contribution in [0.15, 0.2) is 18.2 Å². The second-order valence-electron chi connectivity index (χ2n) is 4.74. The standard InChI is InChI=1S/C12H14FN3O/c1-12(4-5-17-7-12)16-10-3-2-8(13)6-9(10)15-11(16)14/h2-3,6H,4-5,7H2,1H3,(H2,14,15). The number of nitrogen functional groups attached to an aromatic ring is 1. The SMILES string of the molecule is CC1(n2c(N)nc3cc(F)ccc32)CCOC1. The van der Waals surface area contributed by atoms with E-state index in [0.717, 1.165) is 18.5 Å². The van der Waals surface area contributed by atoms with E-state index in [4.69, 9.17) is 10.5 Å². The third kappa shape index (κ3) is 1.50. The molecule has 1 aromatic carbocycles. The molecule has 1 fully saturated rings. The van der Waals surface area contributed by atoms with Crippen LogP contribution in [-0.2, 0) is 10.3 Å². The lowest BCUT2D eigenvalue weighted by Gasteiger charge is -2.25.